The minimum absolute atomic E-state index is 0.0829. The van der Waals surface area contributed by atoms with Gasteiger partial charge in [-0.15, -0.1) is 10.2 Å². The maximum absolute atomic E-state index is 11.8. The van der Waals surface area contributed by atoms with Crippen LogP contribution in [0.2, 0.25) is 5.15 Å². The van der Waals surface area contributed by atoms with E-state index >= 15 is 0 Å². The highest BCUT2D eigenvalue weighted by molar-refractivity contribution is 6.29. The normalized spacial score (nSPS) is 16.5. The van der Waals surface area contributed by atoms with Crippen LogP contribution < -0.4 is 5.32 Å². The van der Waals surface area contributed by atoms with Crippen LogP contribution in [0.15, 0.2) is 12.1 Å². The molecule has 2 N–H and O–H groups in total. The number of rotatable bonds is 5. The number of amides is 1. The molecule has 0 spiro atoms. The summed E-state index contributed by atoms with van der Waals surface area (Å²) in [5.41, 5.74) is -0.129. The average molecular weight is 284 g/mol. The summed E-state index contributed by atoms with van der Waals surface area (Å²) in [6.45, 7) is 0.350. The number of carboxylic acid groups (broad SMARTS) is 1. The smallest absolute Gasteiger partial charge is 0.303 e. The third kappa shape index (κ3) is 3.41. The van der Waals surface area contributed by atoms with Crippen molar-refractivity contribution in [3.05, 3.63) is 23.0 Å². The van der Waals surface area contributed by atoms with Gasteiger partial charge in [0, 0.05) is 6.54 Å². The molecule has 102 valence electrons. The third-order valence-corrected chi connectivity index (χ3v) is 3.63. The predicted molar refractivity (Wildman–Crippen MR) is 67.9 cm³/mol. The zero-order valence-corrected chi connectivity index (χ0v) is 11.0. The largest absolute Gasteiger partial charge is 0.481 e. The molecular formula is C12H14ClN3O3. The van der Waals surface area contributed by atoms with E-state index in [2.05, 4.69) is 15.5 Å². The molecule has 0 saturated heterocycles. The fraction of sp³-hybridized carbons (Fsp3) is 0.500. The van der Waals surface area contributed by atoms with Gasteiger partial charge in [0.2, 0.25) is 0 Å². The quantitative estimate of drug-likeness (QED) is 0.854. The highest BCUT2D eigenvalue weighted by Crippen LogP contribution is 2.43. The Morgan fingerprint density at radius 2 is 2.11 bits per heavy atom. The first-order valence-electron chi connectivity index (χ1n) is 6.00. The second-order valence-electron chi connectivity index (χ2n) is 4.85. The van der Waals surface area contributed by atoms with Crippen molar-refractivity contribution in [2.45, 2.75) is 25.7 Å². The summed E-state index contributed by atoms with van der Waals surface area (Å²) in [5.74, 6) is -1.19. The van der Waals surface area contributed by atoms with Gasteiger partial charge in [-0.05, 0) is 30.4 Å². The molecule has 0 aromatic carbocycles. The van der Waals surface area contributed by atoms with E-state index in [1.54, 1.807) is 0 Å². The number of carboxylic acids is 1. The molecule has 7 heteroatoms. The van der Waals surface area contributed by atoms with E-state index in [9.17, 15) is 9.59 Å². The Morgan fingerprint density at radius 1 is 1.37 bits per heavy atom. The molecule has 1 aromatic rings. The summed E-state index contributed by atoms with van der Waals surface area (Å²) < 4.78 is 0. The zero-order valence-electron chi connectivity index (χ0n) is 10.2. The minimum Gasteiger partial charge on any atom is -0.481 e. The van der Waals surface area contributed by atoms with E-state index < -0.39 is 5.97 Å². The Kier molecular flexibility index (Phi) is 3.99. The van der Waals surface area contributed by atoms with Crippen molar-refractivity contribution in [3.63, 3.8) is 0 Å². The van der Waals surface area contributed by atoms with Crippen molar-refractivity contribution in [2.75, 3.05) is 6.54 Å². The van der Waals surface area contributed by atoms with Crippen LogP contribution in [0.5, 0.6) is 0 Å². The first-order valence-corrected chi connectivity index (χ1v) is 6.38. The Hall–Kier alpha value is -1.69. The average Bonchev–Trinajstić information content (AvgIpc) is 2.32. The van der Waals surface area contributed by atoms with E-state index in [0.29, 0.717) is 6.54 Å². The van der Waals surface area contributed by atoms with Gasteiger partial charge in [-0.25, -0.2) is 0 Å². The number of hydrogen-bond acceptors (Lipinski definition) is 4. The topological polar surface area (TPSA) is 92.2 Å². The summed E-state index contributed by atoms with van der Waals surface area (Å²) in [5, 5.41) is 19.1. The molecule has 0 radical (unpaired) electrons. The SMILES string of the molecule is O=C(O)CC1(CNC(=O)c2ccc(Cl)nn2)CCC1. The van der Waals surface area contributed by atoms with Crippen LogP contribution in [0.3, 0.4) is 0 Å². The highest BCUT2D eigenvalue weighted by atomic mass is 35.5. The van der Waals surface area contributed by atoms with E-state index in [1.807, 2.05) is 0 Å². The number of hydrogen-bond donors (Lipinski definition) is 2. The molecule has 19 heavy (non-hydrogen) atoms. The fourth-order valence-electron chi connectivity index (χ4n) is 2.21. The Morgan fingerprint density at radius 3 is 2.58 bits per heavy atom. The van der Waals surface area contributed by atoms with Gasteiger partial charge in [0.15, 0.2) is 10.8 Å². The van der Waals surface area contributed by atoms with Crippen molar-refractivity contribution in [3.8, 4) is 0 Å². The van der Waals surface area contributed by atoms with Crippen LogP contribution in [0, 0.1) is 5.41 Å². The first-order chi connectivity index (χ1) is 9.01. The number of halogens is 1. The van der Waals surface area contributed by atoms with Gasteiger partial charge < -0.3 is 10.4 Å². The number of aliphatic carboxylic acids is 1. The van der Waals surface area contributed by atoms with Gasteiger partial charge in [-0.1, -0.05) is 18.0 Å². The lowest BCUT2D eigenvalue weighted by atomic mass is 9.66. The van der Waals surface area contributed by atoms with Crippen molar-refractivity contribution in [2.24, 2.45) is 5.41 Å². The molecule has 2 rings (SSSR count). The zero-order chi connectivity index (χ0) is 13.9. The van der Waals surface area contributed by atoms with Crippen molar-refractivity contribution < 1.29 is 14.7 Å². The fourth-order valence-corrected chi connectivity index (χ4v) is 2.31. The number of aromatic nitrogens is 2. The van der Waals surface area contributed by atoms with Crippen LogP contribution in [0.25, 0.3) is 0 Å². The summed E-state index contributed by atoms with van der Waals surface area (Å²) in [7, 11) is 0. The molecule has 1 amide bonds. The van der Waals surface area contributed by atoms with E-state index in [0.717, 1.165) is 19.3 Å². The van der Waals surface area contributed by atoms with E-state index in [1.165, 1.54) is 12.1 Å². The first kappa shape index (κ1) is 13.7. The van der Waals surface area contributed by atoms with Gasteiger partial charge in [0.05, 0.1) is 6.42 Å². The molecule has 1 aliphatic carbocycles. The predicted octanol–water partition coefficient (Wildman–Crippen LogP) is 1.50. The number of nitrogens with zero attached hydrogens (tertiary/aromatic N) is 2. The monoisotopic (exact) mass is 283 g/mol. The third-order valence-electron chi connectivity index (χ3n) is 3.43. The molecule has 1 heterocycles. The van der Waals surface area contributed by atoms with Crippen LogP contribution >= 0.6 is 11.6 Å². The van der Waals surface area contributed by atoms with Crippen molar-refractivity contribution >= 4 is 23.5 Å². The second-order valence-corrected chi connectivity index (χ2v) is 5.24. The van der Waals surface area contributed by atoms with E-state index in [-0.39, 0.29) is 28.6 Å². The number of nitrogens with one attached hydrogen (secondary N) is 1. The van der Waals surface area contributed by atoms with Crippen LogP contribution in [-0.2, 0) is 4.79 Å². The molecule has 0 unspecified atom stereocenters. The van der Waals surface area contributed by atoms with Crippen molar-refractivity contribution in [1.29, 1.82) is 0 Å². The molecule has 0 aliphatic heterocycles. The van der Waals surface area contributed by atoms with Crippen LogP contribution in [-0.4, -0.2) is 33.7 Å². The van der Waals surface area contributed by atoms with Gasteiger partial charge in [-0.3, -0.25) is 9.59 Å². The minimum atomic E-state index is -0.833. The Labute approximate surface area is 115 Å². The van der Waals surface area contributed by atoms with Crippen LogP contribution in [0.1, 0.15) is 36.2 Å². The summed E-state index contributed by atoms with van der Waals surface area (Å²) in [4.78, 5) is 22.6. The number of carbonyl (C=O) groups is 2. The molecule has 0 atom stereocenters. The molecule has 1 fully saturated rings. The van der Waals surface area contributed by atoms with Gasteiger partial charge in [-0.2, -0.15) is 0 Å². The van der Waals surface area contributed by atoms with Gasteiger partial charge >= 0.3 is 5.97 Å². The second kappa shape index (κ2) is 5.52. The number of carbonyl (C=O) groups excluding carboxylic acids is 1. The van der Waals surface area contributed by atoms with Gasteiger partial charge in [0.25, 0.3) is 5.91 Å². The Balaban J connectivity index is 1.92. The molecule has 1 saturated carbocycles. The standard InChI is InChI=1S/C12H14ClN3O3/c13-9-3-2-8(15-16-9)11(19)14-7-12(4-1-5-12)6-10(17)18/h2-3H,1,4-7H2,(H,14,19)(H,17,18). The lowest BCUT2D eigenvalue weighted by Gasteiger charge is -2.40. The summed E-state index contributed by atoms with van der Waals surface area (Å²) in [6, 6.07) is 2.97. The summed E-state index contributed by atoms with van der Waals surface area (Å²) in [6.07, 6.45) is 2.74. The molecule has 0 bridgehead atoms. The highest BCUT2D eigenvalue weighted by Gasteiger charge is 2.39. The van der Waals surface area contributed by atoms with Gasteiger partial charge in [0.1, 0.15) is 0 Å². The molecular weight excluding hydrogens is 270 g/mol. The maximum atomic E-state index is 11.8. The lowest BCUT2D eigenvalue weighted by Crippen LogP contribution is -2.43. The summed E-state index contributed by atoms with van der Waals surface area (Å²) >= 11 is 5.58. The molecule has 1 aromatic heterocycles. The van der Waals surface area contributed by atoms with E-state index in [4.69, 9.17) is 16.7 Å². The maximum Gasteiger partial charge on any atom is 0.303 e. The van der Waals surface area contributed by atoms with Crippen molar-refractivity contribution in [1.82, 2.24) is 15.5 Å². The molecule has 6 nitrogen and oxygen atoms in total. The lowest BCUT2D eigenvalue weighted by molar-refractivity contribution is -0.141. The van der Waals surface area contributed by atoms with Crippen LogP contribution in [0.4, 0.5) is 0 Å². The Bertz CT molecular complexity index is 485. The molecule has 1 aliphatic rings.